The van der Waals surface area contributed by atoms with Crippen molar-refractivity contribution in [2.24, 2.45) is 7.05 Å². The van der Waals surface area contributed by atoms with Crippen LogP contribution in [0.25, 0.3) is 10.8 Å². The lowest BCUT2D eigenvalue weighted by molar-refractivity contribution is 0.0293. The topological polar surface area (TPSA) is 89.3 Å². The van der Waals surface area contributed by atoms with Gasteiger partial charge in [-0.05, 0) is 33.3 Å². The first-order valence-electron chi connectivity index (χ1n) is 8.41. The van der Waals surface area contributed by atoms with E-state index in [0.717, 1.165) is 6.42 Å². The van der Waals surface area contributed by atoms with Crippen molar-refractivity contribution >= 4 is 34.3 Å². The highest BCUT2D eigenvalue weighted by Gasteiger charge is 2.30. The zero-order valence-electron chi connectivity index (χ0n) is 15.2. The van der Waals surface area contributed by atoms with Crippen LogP contribution in [0.3, 0.4) is 0 Å². The van der Waals surface area contributed by atoms with Crippen LogP contribution in [-0.2, 0) is 11.8 Å². The van der Waals surface area contributed by atoms with Gasteiger partial charge in [0, 0.05) is 37.8 Å². The van der Waals surface area contributed by atoms with Crippen molar-refractivity contribution in [1.29, 1.82) is 0 Å². The van der Waals surface area contributed by atoms with Gasteiger partial charge in [0.25, 0.3) is 5.56 Å². The summed E-state index contributed by atoms with van der Waals surface area (Å²) in [7, 11) is 1.67. The normalized spacial score (nSPS) is 17.6. The molecule has 0 aromatic carbocycles. The number of aryl methyl sites for hydroxylation is 1. The SMILES string of the molecule is Cn1ccc2c(Cl)nnc(N[C@H]3CCN(C(=O)OC(C)(C)C)C3)c2c1=O. The maximum Gasteiger partial charge on any atom is 0.410 e. The molecule has 1 atom stereocenters. The van der Waals surface area contributed by atoms with Gasteiger partial charge in [-0.15, -0.1) is 10.2 Å². The number of likely N-dealkylation sites (tertiary alicyclic amines) is 1. The van der Waals surface area contributed by atoms with Crippen molar-refractivity contribution in [3.63, 3.8) is 0 Å². The van der Waals surface area contributed by atoms with E-state index in [9.17, 15) is 9.59 Å². The van der Waals surface area contributed by atoms with Crippen molar-refractivity contribution in [3.8, 4) is 0 Å². The summed E-state index contributed by atoms with van der Waals surface area (Å²) in [4.78, 5) is 26.4. The van der Waals surface area contributed by atoms with E-state index in [1.54, 1.807) is 24.2 Å². The maximum absolute atomic E-state index is 12.5. The number of amides is 1. The quantitative estimate of drug-likeness (QED) is 0.861. The Morgan fingerprint density at radius 1 is 1.38 bits per heavy atom. The molecule has 1 amide bonds. The Balaban J connectivity index is 1.81. The summed E-state index contributed by atoms with van der Waals surface area (Å²) in [6, 6.07) is 1.69. The minimum atomic E-state index is -0.535. The summed E-state index contributed by atoms with van der Waals surface area (Å²) in [5, 5.41) is 12.3. The molecule has 0 unspecified atom stereocenters. The summed E-state index contributed by atoms with van der Waals surface area (Å²) >= 11 is 6.08. The molecule has 3 rings (SSSR count). The van der Waals surface area contributed by atoms with Crippen LogP contribution in [0.1, 0.15) is 27.2 Å². The number of fused-ring (bicyclic) bond motifs is 1. The minimum absolute atomic E-state index is 0.0499. The van der Waals surface area contributed by atoms with Gasteiger partial charge in [-0.3, -0.25) is 4.79 Å². The molecule has 1 saturated heterocycles. The fourth-order valence-corrected chi connectivity index (χ4v) is 3.09. The molecular formula is C17H22ClN5O3. The molecule has 3 heterocycles. The Morgan fingerprint density at radius 2 is 2.12 bits per heavy atom. The van der Waals surface area contributed by atoms with Crippen LogP contribution >= 0.6 is 11.6 Å². The average molecular weight is 380 g/mol. The molecule has 2 aromatic heterocycles. The Morgan fingerprint density at radius 3 is 2.81 bits per heavy atom. The number of pyridine rings is 1. The predicted octanol–water partition coefficient (Wildman–Crippen LogP) is 2.40. The Kier molecular flexibility index (Phi) is 4.79. The van der Waals surface area contributed by atoms with Crippen LogP contribution < -0.4 is 10.9 Å². The summed E-state index contributed by atoms with van der Waals surface area (Å²) in [5.41, 5.74) is -0.740. The molecule has 0 saturated carbocycles. The average Bonchev–Trinajstić information content (AvgIpc) is 3.00. The van der Waals surface area contributed by atoms with Gasteiger partial charge in [0.2, 0.25) is 0 Å². The van der Waals surface area contributed by atoms with Crippen molar-refractivity contribution in [3.05, 3.63) is 27.8 Å². The molecule has 0 spiro atoms. The van der Waals surface area contributed by atoms with E-state index in [0.29, 0.717) is 29.7 Å². The van der Waals surface area contributed by atoms with Crippen LogP contribution in [0, 0.1) is 0 Å². The number of hydrogen-bond donors (Lipinski definition) is 1. The van der Waals surface area contributed by atoms with Crippen molar-refractivity contribution in [2.45, 2.75) is 38.8 Å². The van der Waals surface area contributed by atoms with Crippen molar-refractivity contribution in [2.75, 3.05) is 18.4 Å². The molecule has 0 aliphatic carbocycles. The first kappa shape index (κ1) is 18.4. The minimum Gasteiger partial charge on any atom is -0.444 e. The molecule has 140 valence electrons. The summed E-state index contributed by atoms with van der Waals surface area (Å²) in [6.45, 7) is 6.54. The van der Waals surface area contributed by atoms with E-state index in [1.807, 2.05) is 20.8 Å². The number of ether oxygens (including phenoxy) is 1. The second-order valence-corrected chi connectivity index (χ2v) is 7.77. The van der Waals surface area contributed by atoms with Gasteiger partial charge in [-0.2, -0.15) is 0 Å². The number of carbonyl (C=O) groups is 1. The first-order valence-corrected chi connectivity index (χ1v) is 8.79. The number of nitrogens with one attached hydrogen (secondary N) is 1. The molecular weight excluding hydrogens is 358 g/mol. The molecule has 1 fully saturated rings. The van der Waals surface area contributed by atoms with Gasteiger partial charge < -0.3 is 19.5 Å². The number of rotatable bonds is 2. The summed E-state index contributed by atoms with van der Waals surface area (Å²) < 4.78 is 6.87. The Labute approximate surface area is 156 Å². The van der Waals surface area contributed by atoms with Gasteiger partial charge in [0.05, 0.1) is 5.39 Å². The van der Waals surface area contributed by atoms with Gasteiger partial charge in [0.1, 0.15) is 5.60 Å². The van der Waals surface area contributed by atoms with Gasteiger partial charge in [-0.25, -0.2) is 4.79 Å². The first-order chi connectivity index (χ1) is 12.2. The largest absolute Gasteiger partial charge is 0.444 e. The highest BCUT2D eigenvalue weighted by Crippen LogP contribution is 2.25. The van der Waals surface area contributed by atoms with Crippen molar-refractivity contribution in [1.82, 2.24) is 19.7 Å². The zero-order valence-corrected chi connectivity index (χ0v) is 16.0. The van der Waals surface area contributed by atoms with E-state index >= 15 is 0 Å². The van der Waals surface area contributed by atoms with Crippen molar-refractivity contribution < 1.29 is 9.53 Å². The standard InChI is InChI=1S/C17H22ClN5O3/c1-17(2,3)26-16(25)23-8-5-10(9-23)19-14-12-11(13(18)20-21-14)6-7-22(4)15(12)24/h6-7,10H,5,8-9H2,1-4H3,(H,19,21)/t10-/m0/s1. The fraction of sp³-hybridized carbons (Fsp3) is 0.529. The Bertz CT molecular complexity index is 906. The molecule has 0 bridgehead atoms. The molecule has 1 N–H and O–H groups in total. The summed E-state index contributed by atoms with van der Waals surface area (Å²) in [6.07, 6.45) is 2.02. The lowest BCUT2D eigenvalue weighted by Crippen LogP contribution is -2.36. The molecule has 8 nitrogen and oxygen atoms in total. The number of hydrogen-bond acceptors (Lipinski definition) is 6. The molecule has 1 aliphatic rings. The lowest BCUT2D eigenvalue weighted by atomic mass is 10.2. The number of anilines is 1. The van der Waals surface area contributed by atoms with Crippen LogP contribution in [0.15, 0.2) is 17.1 Å². The monoisotopic (exact) mass is 379 g/mol. The highest BCUT2D eigenvalue weighted by molar-refractivity contribution is 6.34. The van der Waals surface area contributed by atoms with E-state index in [1.165, 1.54) is 4.57 Å². The molecule has 26 heavy (non-hydrogen) atoms. The predicted molar refractivity (Wildman–Crippen MR) is 99.6 cm³/mol. The van der Waals surface area contributed by atoms with Gasteiger partial charge >= 0.3 is 6.09 Å². The highest BCUT2D eigenvalue weighted by atomic mass is 35.5. The van der Waals surface area contributed by atoms with Crippen LogP contribution in [0.2, 0.25) is 5.15 Å². The molecule has 9 heteroatoms. The number of aromatic nitrogens is 3. The third-order valence-corrected chi connectivity index (χ3v) is 4.43. The van der Waals surface area contributed by atoms with E-state index in [-0.39, 0.29) is 22.8 Å². The van der Waals surface area contributed by atoms with Crippen LogP contribution in [0.5, 0.6) is 0 Å². The van der Waals surface area contributed by atoms with Crippen LogP contribution in [0.4, 0.5) is 10.6 Å². The van der Waals surface area contributed by atoms with E-state index < -0.39 is 5.60 Å². The molecule has 0 radical (unpaired) electrons. The third-order valence-electron chi connectivity index (χ3n) is 4.15. The smallest absolute Gasteiger partial charge is 0.410 e. The fourth-order valence-electron chi connectivity index (χ4n) is 2.89. The molecule has 2 aromatic rings. The zero-order chi connectivity index (χ0) is 19.1. The van der Waals surface area contributed by atoms with E-state index in [4.69, 9.17) is 16.3 Å². The maximum atomic E-state index is 12.5. The van der Waals surface area contributed by atoms with E-state index in [2.05, 4.69) is 15.5 Å². The second-order valence-electron chi connectivity index (χ2n) is 7.42. The third kappa shape index (κ3) is 3.75. The summed E-state index contributed by atoms with van der Waals surface area (Å²) in [5.74, 6) is 0.377. The van der Waals surface area contributed by atoms with Gasteiger partial charge in [0.15, 0.2) is 11.0 Å². The van der Waals surface area contributed by atoms with Gasteiger partial charge in [-0.1, -0.05) is 11.6 Å². The number of halogens is 1. The molecule has 1 aliphatic heterocycles. The number of nitrogens with zero attached hydrogens (tertiary/aromatic N) is 4. The Hall–Kier alpha value is -2.35. The second kappa shape index (κ2) is 6.75. The lowest BCUT2D eigenvalue weighted by Gasteiger charge is -2.24. The van der Waals surface area contributed by atoms with Crippen LogP contribution in [-0.4, -0.2) is 50.5 Å². The number of carbonyl (C=O) groups excluding carboxylic acids is 1.